The number of nitrogens with zero attached hydrogens (tertiary/aromatic N) is 1. The summed E-state index contributed by atoms with van der Waals surface area (Å²) < 4.78 is 10.9. The molecule has 1 heterocycles. The molecule has 0 atom stereocenters. The molecule has 1 fully saturated rings. The van der Waals surface area contributed by atoms with Gasteiger partial charge in [0.25, 0.3) is 0 Å². The first-order valence-electron chi connectivity index (χ1n) is 6.64. The molecule has 104 valence electrons. The van der Waals surface area contributed by atoms with E-state index < -0.39 is 0 Å². The zero-order valence-corrected chi connectivity index (χ0v) is 11.5. The van der Waals surface area contributed by atoms with Crippen LogP contribution in [-0.2, 0) is 17.9 Å². The molecule has 1 aromatic rings. The van der Waals surface area contributed by atoms with Gasteiger partial charge in [0.2, 0.25) is 0 Å². The minimum atomic E-state index is 0.184. The van der Waals surface area contributed by atoms with Crippen LogP contribution in [0.3, 0.4) is 0 Å². The van der Waals surface area contributed by atoms with Crippen molar-refractivity contribution in [3.63, 3.8) is 0 Å². The standard InChI is InChI=1S/C14H18ClNO3/c15-12-5-10(7-16(3-4-17)13-1-2-13)14-11(6-12)8-18-9-19-14/h5-6,13,17H,1-4,7-9H2. The van der Waals surface area contributed by atoms with E-state index in [1.165, 1.54) is 12.8 Å². The number of aliphatic hydroxyl groups excluding tert-OH is 1. The van der Waals surface area contributed by atoms with Gasteiger partial charge in [-0.25, -0.2) is 0 Å². The second kappa shape index (κ2) is 5.67. The molecule has 5 heteroatoms. The second-order valence-electron chi connectivity index (χ2n) is 5.09. The van der Waals surface area contributed by atoms with Crippen molar-refractivity contribution in [2.45, 2.75) is 32.0 Å². The molecule has 0 radical (unpaired) electrons. The zero-order chi connectivity index (χ0) is 13.2. The smallest absolute Gasteiger partial charge is 0.189 e. The summed E-state index contributed by atoms with van der Waals surface area (Å²) in [6, 6.07) is 4.45. The monoisotopic (exact) mass is 283 g/mol. The van der Waals surface area contributed by atoms with E-state index in [9.17, 15) is 0 Å². The summed E-state index contributed by atoms with van der Waals surface area (Å²) in [5, 5.41) is 9.88. The Morgan fingerprint density at radius 3 is 2.95 bits per heavy atom. The van der Waals surface area contributed by atoms with Crippen LogP contribution < -0.4 is 4.74 Å². The van der Waals surface area contributed by atoms with Crippen molar-refractivity contribution in [1.29, 1.82) is 0 Å². The predicted molar refractivity (Wildman–Crippen MR) is 72.3 cm³/mol. The maximum Gasteiger partial charge on any atom is 0.189 e. The molecule has 19 heavy (non-hydrogen) atoms. The minimum Gasteiger partial charge on any atom is -0.467 e. The Hall–Kier alpha value is -0.810. The molecule has 0 saturated heterocycles. The molecule has 1 aromatic carbocycles. The topological polar surface area (TPSA) is 41.9 Å². The van der Waals surface area contributed by atoms with Gasteiger partial charge in [0.1, 0.15) is 5.75 Å². The van der Waals surface area contributed by atoms with E-state index in [1.807, 2.05) is 12.1 Å². The van der Waals surface area contributed by atoms with Gasteiger partial charge in [-0.3, -0.25) is 4.90 Å². The minimum absolute atomic E-state index is 0.184. The highest BCUT2D eigenvalue weighted by Crippen LogP contribution is 2.35. The highest BCUT2D eigenvalue weighted by molar-refractivity contribution is 6.30. The summed E-state index contributed by atoms with van der Waals surface area (Å²) in [5.74, 6) is 0.902. The molecule has 2 aliphatic rings. The quantitative estimate of drug-likeness (QED) is 0.899. The molecule has 0 spiro atoms. The molecule has 0 aromatic heterocycles. The third kappa shape index (κ3) is 3.03. The van der Waals surface area contributed by atoms with Crippen molar-refractivity contribution in [3.05, 3.63) is 28.3 Å². The third-order valence-corrected chi connectivity index (χ3v) is 3.79. The number of fused-ring (bicyclic) bond motifs is 1. The lowest BCUT2D eigenvalue weighted by Gasteiger charge is -2.25. The lowest BCUT2D eigenvalue weighted by atomic mass is 10.1. The molecule has 0 bridgehead atoms. The Kier molecular flexibility index (Phi) is 3.93. The Morgan fingerprint density at radius 2 is 2.21 bits per heavy atom. The van der Waals surface area contributed by atoms with E-state index >= 15 is 0 Å². The van der Waals surface area contributed by atoms with Crippen molar-refractivity contribution >= 4 is 11.6 Å². The van der Waals surface area contributed by atoms with Crippen LogP contribution in [0.15, 0.2) is 12.1 Å². The number of benzene rings is 1. The summed E-state index contributed by atoms with van der Waals surface area (Å²) in [6.45, 7) is 2.50. The first-order chi connectivity index (χ1) is 9.28. The summed E-state index contributed by atoms with van der Waals surface area (Å²) in [5.41, 5.74) is 2.10. The van der Waals surface area contributed by atoms with Crippen LogP contribution in [-0.4, -0.2) is 36.0 Å². The van der Waals surface area contributed by atoms with Gasteiger partial charge in [-0.15, -0.1) is 0 Å². The normalized spacial score (nSPS) is 18.3. The summed E-state index contributed by atoms with van der Waals surface area (Å²) in [4.78, 5) is 2.30. The van der Waals surface area contributed by atoms with Crippen molar-refractivity contribution in [3.8, 4) is 5.75 Å². The number of rotatable bonds is 5. The van der Waals surface area contributed by atoms with Gasteiger partial charge in [-0.2, -0.15) is 0 Å². The lowest BCUT2D eigenvalue weighted by molar-refractivity contribution is -0.0175. The van der Waals surface area contributed by atoms with Crippen LogP contribution in [0.2, 0.25) is 5.02 Å². The number of hydrogen-bond acceptors (Lipinski definition) is 4. The number of halogens is 1. The van der Waals surface area contributed by atoms with Crippen molar-refractivity contribution in [2.24, 2.45) is 0 Å². The fraction of sp³-hybridized carbons (Fsp3) is 0.571. The Morgan fingerprint density at radius 1 is 1.37 bits per heavy atom. The van der Waals surface area contributed by atoms with Crippen LogP contribution in [0, 0.1) is 0 Å². The SMILES string of the molecule is OCCN(Cc1cc(Cl)cc2c1OCOC2)C1CC1. The maximum absolute atomic E-state index is 9.17. The van der Waals surface area contributed by atoms with E-state index in [2.05, 4.69) is 4.90 Å². The molecule has 0 unspecified atom stereocenters. The summed E-state index contributed by atoms with van der Waals surface area (Å²) in [6.07, 6.45) is 2.43. The van der Waals surface area contributed by atoms with Gasteiger partial charge in [-0.1, -0.05) is 11.6 Å². The van der Waals surface area contributed by atoms with Crippen molar-refractivity contribution < 1.29 is 14.6 Å². The van der Waals surface area contributed by atoms with E-state index in [1.54, 1.807) is 0 Å². The van der Waals surface area contributed by atoms with Crippen LogP contribution in [0.1, 0.15) is 24.0 Å². The van der Waals surface area contributed by atoms with Crippen LogP contribution in [0.4, 0.5) is 0 Å². The largest absolute Gasteiger partial charge is 0.467 e. The molecule has 1 aliphatic carbocycles. The molecule has 1 aliphatic heterocycles. The molecule has 0 amide bonds. The molecule has 3 rings (SSSR count). The van der Waals surface area contributed by atoms with Gasteiger partial charge in [0.05, 0.1) is 13.2 Å². The van der Waals surface area contributed by atoms with Crippen molar-refractivity contribution in [1.82, 2.24) is 4.90 Å². The van der Waals surface area contributed by atoms with E-state index in [4.69, 9.17) is 26.2 Å². The Balaban J connectivity index is 1.84. The lowest BCUT2D eigenvalue weighted by Crippen LogP contribution is -2.29. The zero-order valence-electron chi connectivity index (χ0n) is 10.8. The summed E-state index contributed by atoms with van der Waals surface area (Å²) >= 11 is 6.16. The first-order valence-corrected chi connectivity index (χ1v) is 7.02. The van der Waals surface area contributed by atoms with Crippen molar-refractivity contribution in [2.75, 3.05) is 19.9 Å². The fourth-order valence-electron chi connectivity index (χ4n) is 2.55. The average molecular weight is 284 g/mol. The third-order valence-electron chi connectivity index (χ3n) is 3.58. The second-order valence-corrected chi connectivity index (χ2v) is 5.53. The Labute approximate surface area is 117 Å². The molecular weight excluding hydrogens is 266 g/mol. The summed E-state index contributed by atoms with van der Waals surface area (Å²) in [7, 11) is 0. The van der Waals surface area contributed by atoms with Crippen LogP contribution in [0.5, 0.6) is 5.75 Å². The van der Waals surface area contributed by atoms with E-state index in [0.29, 0.717) is 31.0 Å². The van der Waals surface area contributed by atoms with Gasteiger partial charge < -0.3 is 14.6 Å². The molecular formula is C14H18ClNO3. The van der Waals surface area contributed by atoms with Gasteiger partial charge >= 0.3 is 0 Å². The van der Waals surface area contributed by atoms with E-state index in [-0.39, 0.29) is 6.61 Å². The number of aliphatic hydroxyl groups is 1. The number of hydrogen-bond donors (Lipinski definition) is 1. The highest BCUT2D eigenvalue weighted by Gasteiger charge is 2.29. The Bertz CT molecular complexity index is 462. The van der Waals surface area contributed by atoms with Gasteiger partial charge in [0, 0.05) is 35.3 Å². The molecule has 4 nitrogen and oxygen atoms in total. The fourth-order valence-corrected chi connectivity index (χ4v) is 2.82. The predicted octanol–water partition coefficient (Wildman–Crippen LogP) is 2.16. The molecule has 1 N–H and O–H groups in total. The molecule has 1 saturated carbocycles. The van der Waals surface area contributed by atoms with Gasteiger partial charge in [-0.05, 0) is 25.0 Å². The van der Waals surface area contributed by atoms with Crippen LogP contribution in [0.25, 0.3) is 0 Å². The van der Waals surface area contributed by atoms with E-state index in [0.717, 1.165) is 23.4 Å². The van der Waals surface area contributed by atoms with Crippen LogP contribution >= 0.6 is 11.6 Å². The van der Waals surface area contributed by atoms with Gasteiger partial charge in [0.15, 0.2) is 6.79 Å². The highest BCUT2D eigenvalue weighted by atomic mass is 35.5. The number of ether oxygens (including phenoxy) is 2. The first kappa shape index (κ1) is 13.2. The average Bonchev–Trinajstić information content (AvgIpc) is 3.22. The maximum atomic E-state index is 9.17.